The Balaban J connectivity index is 2.63. The highest BCUT2D eigenvalue weighted by Gasteiger charge is 2.06. The van der Waals surface area contributed by atoms with Gasteiger partial charge in [0.2, 0.25) is 0 Å². The highest BCUT2D eigenvalue weighted by atomic mass is 16.5. The van der Waals surface area contributed by atoms with Gasteiger partial charge in [0.25, 0.3) is 0 Å². The molecule has 0 bridgehead atoms. The zero-order valence-corrected chi connectivity index (χ0v) is 10.1. The summed E-state index contributed by atoms with van der Waals surface area (Å²) in [7, 11) is 1.59. The second-order valence-electron chi connectivity index (χ2n) is 3.73. The van der Waals surface area contributed by atoms with Crippen LogP contribution < -0.4 is 9.47 Å². The van der Waals surface area contributed by atoms with Gasteiger partial charge in [-0.2, -0.15) is 0 Å². The second-order valence-corrected chi connectivity index (χ2v) is 3.73. The summed E-state index contributed by atoms with van der Waals surface area (Å²) < 4.78 is 10.6. The molecular weight excluding hydrogens is 204 g/mol. The maximum Gasteiger partial charge on any atom is 0.170 e. The van der Waals surface area contributed by atoms with E-state index in [4.69, 9.17) is 9.47 Å². The third-order valence-electron chi connectivity index (χ3n) is 2.24. The van der Waals surface area contributed by atoms with Crippen LogP contribution in [0.3, 0.4) is 0 Å². The highest BCUT2D eigenvalue weighted by molar-refractivity contribution is 5.79. The van der Waals surface area contributed by atoms with Crippen molar-refractivity contribution in [2.24, 2.45) is 0 Å². The smallest absolute Gasteiger partial charge is 0.170 e. The van der Waals surface area contributed by atoms with Crippen LogP contribution in [0.2, 0.25) is 0 Å². The third-order valence-corrected chi connectivity index (χ3v) is 2.24. The first kappa shape index (κ1) is 12.6. The van der Waals surface area contributed by atoms with Crippen LogP contribution in [0.4, 0.5) is 0 Å². The van der Waals surface area contributed by atoms with Gasteiger partial charge in [0.05, 0.1) is 7.11 Å². The van der Waals surface area contributed by atoms with Gasteiger partial charge in [-0.15, -0.1) is 0 Å². The van der Waals surface area contributed by atoms with Crippen molar-refractivity contribution in [3.8, 4) is 11.5 Å². The first-order valence-electron chi connectivity index (χ1n) is 5.46. The molecule has 0 aliphatic carbocycles. The van der Waals surface area contributed by atoms with Crippen LogP contribution in [0.5, 0.6) is 11.5 Å². The molecule has 1 aromatic rings. The monoisotopic (exact) mass is 222 g/mol. The fourth-order valence-corrected chi connectivity index (χ4v) is 1.40. The Morgan fingerprint density at radius 3 is 2.69 bits per heavy atom. The molecule has 0 aliphatic heterocycles. The van der Waals surface area contributed by atoms with E-state index in [2.05, 4.69) is 0 Å². The van der Waals surface area contributed by atoms with E-state index in [0.717, 1.165) is 12.0 Å². The Labute approximate surface area is 96.4 Å². The molecule has 0 heterocycles. The Kier molecular flexibility index (Phi) is 4.83. The van der Waals surface area contributed by atoms with Gasteiger partial charge in [0, 0.05) is 6.42 Å². The van der Waals surface area contributed by atoms with E-state index in [1.807, 2.05) is 32.0 Å². The Bertz CT molecular complexity index is 358. The number of hydrogen-bond acceptors (Lipinski definition) is 3. The van der Waals surface area contributed by atoms with Gasteiger partial charge in [0.15, 0.2) is 17.3 Å². The molecule has 0 saturated carbocycles. The molecular formula is C13H18O3. The molecule has 0 N–H and O–H groups in total. The maximum atomic E-state index is 11.3. The molecule has 0 radical (unpaired) electrons. The molecule has 88 valence electrons. The molecule has 0 amide bonds. The largest absolute Gasteiger partial charge is 0.493 e. The Hall–Kier alpha value is -1.51. The van der Waals surface area contributed by atoms with Crippen LogP contribution in [-0.2, 0) is 4.79 Å². The molecule has 1 aromatic carbocycles. The van der Waals surface area contributed by atoms with Crippen molar-refractivity contribution in [2.45, 2.75) is 26.7 Å². The number of ketones is 1. The van der Waals surface area contributed by atoms with E-state index < -0.39 is 0 Å². The first-order chi connectivity index (χ1) is 7.67. The summed E-state index contributed by atoms with van der Waals surface area (Å²) in [5.74, 6) is 1.41. The number of ether oxygens (including phenoxy) is 2. The lowest BCUT2D eigenvalue weighted by Gasteiger charge is -2.10. The first-order valence-corrected chi connectivity index (χ1v) is 5.46. The van der Waals surface area contributed by atoms with Crippen LogP contribution in [-0.4, -0.2) is 19.5 Å². The van der Waals surface area contributed by atoms with Crippen LogP contribution in [0.15, 0.2) is 18.2 Å². The third kappa shape index (κ3) is 3.57. The fraction of sp³-hybridized carbons (Fsp3) is 0.462. The van der Waals surface area contributed by atoms with Crippen LogP contribution in [0.25, 0.3) is 0 Å². The van der Waals surface area contributed by atoms with Crippen LogP contribution in [0, 0.1) is 6.92 Å². The van der Waals surface area contributed by atoms with Gasteiger partial charge in [0.1, 0.15) is 6.61 Å². The van der Waals surface area contributed by atoms with Crippen molar-refractivity contribution in [1.29, 1.82) is 0 Å². The summed E-state index contributed by atoms with van der Waals surface area (Å²) in [4.78, 5) is 11.3. The lowest BCUT2D eigenvalue weighted by atomic mass is 10.2. The molecule has 0 fully saturated rings. The second kappa shape index (κ2) is 6.16. The molecule has 0 atom stereocenters. The summed E-state index contributed by atoms with van der Waals surface area (Å²) in [6.07, 6.45) is 1.42. The number of methoxy groups -OCH3 is 1. The summed E-state index contributed by atoms with van der Waals surface area (Å²) in [6.45, 7) is 4.08. The number of carbonyl (C=O) groups excluding carboxylic acids is 1. The Morgan fingerprint density at radius 1 is 1.31 bits per heavy atom. The molecule has 0 saturated heterocycles. The van der Waals surface area contributed by atoms with Crippen molar-refractivity contribution >= 4 is 5.78 Å². The van der Waals surface area contributed by atoms with Gasteiger partial charge < -0.3 is 9.47 Å². The molecule has 1 rings (SSSR count). The number of aryl methyl sites for hydroxylation is 1. The lowest BCUT2D eigenvalue weighted by Crippen LogP contribution is -2.11. The fourth-order valence-electron chi connectivity index (χ4n) is 1.40. The normalized spacial score (nSPS) is 9.94. The standard InChI is InChI=1S/C13H18O3/c1-4-5-11(14)9-16-12-7-6-10(2)8-13(12)15-3/h6-8H,4-5,9H2,1-3H3. The summed E-state index contributed by atoms with van der Waals surface area (Å²) in [5.41, 5.74) is 1.10. The zero-order chi connectivity index (χ0) is 12.0. The van der Waals surface area contributed by atoms with Crippen molar-refractivity contribution in [1.82, 2.24) is 0 Å². The van der Waals surface area contributed by atoms with E-state index in [0.29, 0.717) is 17.9 Å². The van der Waals surface area contributed by atoms with Crippen molar-refractivity contribution in [2.75, 3.05) is 13.7 Å². The van der Waals surface area contributed by atoms with E-state index in [1.165, 1.54) is 0 Å². The average molecular weight is 222 g/mol. The molecule has 0 spiro atoms. The van der Waals surface area contributed by atoms with Gasteiger partial charge in [-0.25, -0.2) is 0 Å². The summed E-state index contributed by atoms with van der Waals surface area (Å²) in [6, 6.07) is 5.65. The van der Waals surface area contributed by atoms with Gasteiger partial charge in [-0.1, -0.05) is 13.0 Å². The molecule has 3 heteroatoms. The van der Waals surface area contributed by atoms with Crippen LogP contribution in [0.1, 0.15) is 25.3 Å². The molecule has 0 aromatic heterocycles. The maximum absolute atomic E-state index is 11.3. The average Bonchev–Trinajstić information content (AvgIpc) is 2.27. The minimum atomic E-state index is 0.116. The van der Waals surface area contributed by atoms with Gasteiger partial charge >= 0.3 is 0 Å². The van der Waals surface area contributed by atoms with E-state index >= 15 is 0 Å². The van der Waals surface area contributed by atoms with Crippen LogP contribution >= 0.6 is 0 Å². The summed E-state index contributed by atoms with van der Waals surface area (Å²) in [5, 5.41) is 0. The lowest BCUT2D eigenvalue weighted by molar-refractivity contribution is -0.121. The highest BCUT2D eigenvalue weighted by Crippen LogP contribution is 2.27. The minimum absolute atomic E-state index is 0.116. The molecule has 0 aliphatic rings. The number of carbonyl (C=O) groups is 1. The topological polar surface area (TPSA) is 35.5 Å². The molecule has 16 heavy (non-hydrogen) atoms. The van der Waals surface area contributed by atoms with Crippen molar-refractivity contribution in [3.05, 3.63) is 23.8 Å². The number of Topliss-reactive ketones (excluding diaryl/α,β-unsaturated/α-hetero) is 1. The zero-order valence-electron chi connectivity index (χ0n) is 10.1. The van der Waals surface area contributed by atoms with Gasteiger partial charge in [-0.05, 0) is 31.0 Å². The predicted octanol–water partition coefficient (Wildman–Crippen LogP) is 2.75. The predicted molar refractivity (Wildman–Crippen MR) is 63.1 cm³/mol. The van der Waals surface area contributed by atoms with E-state index in [1.54, 1.807) is 7.11 Å². The number of rotatable bonds is 6. The van der Waals surface area contributed by atoms with E-state index in [-0.39, 0.29) is 12.4 Å². The van der Waals surface area contributed by atoms with Crippen molar-refractivity contribution in [3.63, 3.8) is 0 Å². The number of benzene rings is 1. The van der Waals surface area contributed by atoms with E-state index in [9.17, 15) is 4.79 Å². The SMILES string of the molecule is CCCC(=O)COc1ccc(C)cc1OC. The molecule has 0 unspecified atom stereocenters. The quantitative estimate of drug-likeness (QED) is 0.742. The minimum Gasteiger partial charge on any atom is -0.493 e. The summed E-state index contributed by atoms with van der Waals surface area (Å²) >= 11 is 0. The van der Waals surface area contributed by atoms with Gasteiger partial charge in [-0.3, -0.25) is 4.79 Å². The number of hydrogen-bond donors (Lipinski definition) is 0. The Morgan fingerprint density at radius 2 is 2.06 bits per heavy atom. The molecule has 3 nitrogen and oxygen atoms in total. The van der Waals surface area contributed by atoms with Crippen molar-refractivity contribution < 1.29 is 14.3 Å².